The van der Waals surface area contributed by atoms with Crippen LogP contribution in [0.3, 0.4) is 0 Å². The van der Waals surface area contributed by atoms with Crippen LogP contribution in [0.4, 0.5) is 5.69 Å². The highest BCUT2D eigenvalue weighted by Gasteiger charge is 2.34. The van der Waals surface area contributed by atoms with E-state index in [1.165, 1.54) is 57.3 Å². The van der Waals surface area contributed by atoms with Crippen LogP contribution < -0.4 is 4.90 Å². The Balaban J connectivity index is 1.22. The number of rotatable bonds is 3. The highest BCUT2D eigenvalue weighted by atomic mass is 16.2. The van der Waals surface area contributed by atoms with Gasteiger partial charge in [-0.1, -0.05) is 18.9 Å². The van der Waals surface area contributed by atoms with Gasteiger partial charge in [0, 0.05) is 56.9 Å². The zero-order valence-electron chi connectivity index (χ0n) is 16.5. The first-order valence-corrected chi connectivity index (χ1v) is 11.2. The number of amides is 1. The SMILES string of the molecule is O=C(C1CC1)N1CCN(c2ccc3c(c2)CCN(C2CCCC2)CC3)CC1. The van der Waals surface area contributed by atoms with Gasteiger partial charge in [0.2, 0.25) is 5.91 Å². The lowest BCUT2D eigenvalue weighted by Crippen LogP contribution is -2.49. The average molecular weight is 368 g/mol. The van der Waals surface area contributed by atoms with E-state index in [0.717, 1.165) is 45.1 Å². The number of piperazine rings is 1. The molecule has 0 N–H and O–H groups in total. The number of anilines is 1. The van der Waals surface area contributed by atoms with Gasteiger partial charge in [0.05, 0.1) is 0 Å². The van der Waals surface area contributed by atoms with E-state index in [0.29, 0.717) is 11.8 Å². The Hall–Kier alpha value is -1.55. The summed E-state index contributed by atoms with van der Waals surface area (Å²) in [5.74, 6) is 0.760. The van der Waals surface area contributed by atoms with Crippen molar-refractivity contribution in [1.29, 1.82) is 0 Å². The topological polar surface area (TPSA) is 26.8 Å². The van der Waals surface area contributed by atoms with Crippen molar-refractivity contribution in [3.8, 4) is 0 Å². The van der Waals surface area contributed by atoms with Crippen molar-refractivity contribution >= 4 is 11.6 Å². The second kappa shape index (κ2) is 7.46. The van der Waals surface area contributed by atoms with Crippen LogP contribution in [0.25, 0.3) is 0 Å². The number of fused-ring (bicyclic) bond motifs is 1. The Kier molecular flexibility index (Phi) is 4.85. The van der Waals surface area contributed by atoms with E-state index in [9.17, 15) is 4.79 Å². The molecule has 0 unspecified atom stereocenters. The predicted molar refractivity (Wildman–Crippen MR) is 109 cm³/mol. The molecule has 1 aromatic carbocycles. The van der Waals surface area contributed by atoms with E-state index in [4.69, 9.17) is 0 Å². The molecule has 0 radical (unpaired) electrons. The summed E-state index contributed by atoms with van der Waals surface area (Å²) in [7, 11) is 0. The number of hydrogen-bond donors (Lipinski definition) is 0. The first-order chi connectivity index (χ1) is 13.3. The third-order valence-electron chi connectivity index (χ3n) is 7.25. The van der Waals surface area contributed by atoms with Crippen molar-refractivity contribution in [2.45, 2.75) is 57.4 Å². The van der Waals surface area contributed by atoms with Crippen LogP contribution in [0.15, 0.2) is 18.2 Å². The summed E-state index contributed by atoms with van der Waals surface area (Å²) >= 11 is 0. The molecule has 0 spiro atoms. The molecule has 5 rings (SSSR count). The molecule has 146 valence electrons. The molecule has 4 heteroatoms. The summed E-state index contributed by atoms with van der Waals surface area (Å²) in [6, 6.07) is 8.00. The first kappa shape index (κ1) is 17.5. The largest absolute Gasteiger partial charge is 0.368 e. The molecule has 4 nitrogen and oxygen atoms in total. The van der Waals surface area contributed by atoms with E-state index in [-0.39, 0.29) is 0 Å². The summed E-state index contributed by atoms with van der Waals surface area (Å²) in [6.07, 6.45) is 10.3. The zero-order chi connectivity index (χ0) is 18.2. The molecule has 1 amide bonds. The van der Waals surface area contributed by atoms with Crippen molar-refractivity contribution in [3.63, 3.8) is 0 Å². The first-order valence-electron chi connectivity index (χ1n) is 11.2. The van der Waals surface area contributed by atoms with E-state index in [2.05, 4.69) is 32.9 Å². The number of hydrogen-bond acceptors (Lipinski definition) is 3. The van der Waals surface area contributed by atoms with Gasteiger partial charge in [0.25, 0.3) is 0 Å². The highest BCUT2D eigenvalue weighted by Crippen LogP contribution is 2.32. The van der Waals surface area contributed by atoms with E-state index in [1.54, 1.807) is 11.1 Å². The molecule has 2 aliphatic carbocycles. The van der Waals surface area contributed by atoms with Gasteiger partial charge < -0.3 is 9.80 Å². The molecule has 3 fully saturated rings. The molecule has 2 heterocycles. The fourth-order valence-corrected chi connectivity index (χ4v) is 5.33. The van der Waals surface area contributed by atoms with Crippen molar-refractivity contribution < 1.29 is 4.79 Å². The van der Waals surface area contributed by atoms with Crippen molar-refractivity contribution in [2.24, 2.45) is 5.92 Å². The van der Waals surface area contributed by atoms with Crippen LogP contribution >= 0.6 is 0 Å². The molecular weight excluding hydrogens is 334 g/mol. The minimum Gasteiger partial charge on any atom is -0.368 e. The molecule has 1 saturated heterocycles. The fourth-order valence-electron chi connectivity index (χ4n) is 5.33. The lowest BCUT2D eigenvalue weighted by Gasteiger charge is -2.36. The Morgan fingerprint density at radius 2 is 1.52 bits per heavy atom. The highest BCUT2D eigenvalue weighted by molar-refractivity contribution is 5.81. The predicted octanol–water partition coefficient (Wildman–Crippen LogP) is 3.09. The van der Waals surface area contributed by atoms with Crippen LogP contribution in [0.2, 0.25) is 0 Å². The summed E-state index contributed by atoms with van der Waals surface area (Å²) in [6.45, 7) is 6.20. The van der Waals surface area contributed by atoms with Crippen LogP contribution in [0, 0.1) is 5.92 Å². The van der Waals surface area contributed by atoms with Gasteiger partial charge in [-0.2, -0.15) is 0 Å². The lowest BCUT2D eigenvalue weighted by atomic mass is 10.0. The van der Waals surface area contributed by atoms with Crippen LogP contribution in [0.1, 0.15) is 49.7 Å². The number of carbonyl (C=O) groups is 1. The Labute approximate surface area is 163 Å². The Bertz CT molecular complexity index is 685. The van der Waals surface area contributed by atoms with Crippen molar-refractivity contribution in [3.05, 3.63) is 29.3 Å². The standard InChI is InChI=1S/C23H33N3O/c27-23(19-5-6-19)26-15-13-25(14-16-26)22-8-7-18-9-11-24(12-10-20(18)17-22)21-3-1-2-4-21/h7-8,17,19,21H,1-6,9-16H2. The van der Waals surface area contributed by atoms with E-state index in [1.807, 2.05) is 0 Å². The van der Waals surface area contributed by atoms with Gasteiger partial charge in [-0.15, -0.1) is 0 Å². The summed E-state index contributed by atoms with van der Waals surface area (Å²) in [5, 5.41) is 0. The van der Waals surface area contributed by atoms with Crippen LogP contribution in [0.5, 0.6) is 0 Å². The smallest absolute Gasteiger partial charge is 0.225 e. The second-order valence-corrected chi connectivity index (χ2v) is 9.01. The van der Waals surface area contributed by atoms with Crippen molar-refractivity contribution in [1.82, 2.24) is 9.80 Å². The van der Waals surface area contributed by atoms with Crippen LogP contribution in [-0.4, -0.2) is 61.0 Å². The summed E-state index contributed by atoms with van der Waals surface area (Å²) < 4.78 is 0. The van der Waals surface area contributed by atoms with E-state index < -0.39 is 0 Å². The number of benzene rings is 1. The third-order valence-corrected chi connectivity index (χ3v) is 7.25. The molecule has 0 bridgehead atoms. The summed E-state index contributed by atoms with van der Waals surface area (Å²) in [5.41, 5.74) is 4.48. The minimum atomic E-state index is 0.354. The number of nitrogens with zero attached hydrogens (tertiary/aromatic N) is 3. The maximum absolute atomic E-state index is 12.3. The van der Waals surface area contributed by atoms with Gasteiger partial charge in [-0.05, 0) is 61.8 Å². The molecule has 4 aliphatic rings. The molecule has 1 aromatic rings. The van der Waals surface area contributed by atoms with Gasteiger partial charge in [0.1, 0.15) is 0 Å². The van der Waals surface area contributed by atoms with Crippen molar-refractivity contribution in [2.75, 3.05) is 44.2 Å². The molecule has 0 aromatic heterocycles. The summed E-state index contributed by atoms with van der Waals surface area (Å²) in [4.78, 5) is 19.6. The molecule has 27 heavy (non-hydrogen) atoms. The van der Waals surface area contributed by atoms with E-state index >= 15 is 0 Å². The maximum atomic E-state index is 12.3. The fraction of sp³-hybridized carbons (Fsp3) is 0.696. The lowest BCUT2D eigenvalue weighted by molar-refractivity contribution is -0.132. The second-order valence-electron chi connectivity index (χ2n) is 9.01. The molecular formula is C23H33N3O. The Morgan fingerprint density at radius 1 is 0.815 bits per heavy atom. The maximum Gasteiger partial charge on any atom is 0.225 e. The van der Waals surface area contributed by atoms with Gasteiger partial charge >= 0.3 is 0 Å². The van der Waals surface area contributed by atoms with Gasteiger partial charge in [-0.25, -0.2) is 0 Å². The third kappa shape index (κ3) is 3.73. The monoisotopic (exact) mass is 367 g/mol. The number of carbonyl (C=O) groups excluding carboxylic acids is 1. The molecule has 2 aliphatic heterocycles. The molecule has 2 saturated carbocycles. The normalized spacial score (nSPS) is 24.7. The average Bonchev–Trinajstić information content (AvgIpc) is 3.47. The Morgan fingerprint density at radius 3 is 2.22 bits per heavy atom. The molecule has 0 atom stereocenters. The quantitative estimate of drug-likeness (QED) is 0.821. The van der Waals surface area contributed by atoms with Crippen LogP contribution in [-0.2, 0) is 17.6 Å². The van der Waals surface area contributed by atoms with Gasteiger partial charge in [-0.3, -0.25) is 9.69 Å². The van der Waals surface area contributed by atoms with Gasteiger partial charge in [0.15, 0.2) is 0 Å². The zero-order valence-corrected chi connectivity index (χ0v) is 16.5. The minimum absolute atomic E-state index is 0.354.